The van der Waals surface area contributed by atoms with Crippen LogP contribution in [0.15, 0.2) is 18.2 Å². The van der Waals surface area contributed by atoms with E-state index in [1.807, 2.05) is 0 Å². The molecule has 0 aromatic heterocycles. The van der Waals surface area contributed by atoms with Crippen LogP contribution < -0.4 is 20.1 Å². The van der Waals surface area contributed by atoms with E-state index in [9.17, 15) is 9.59 Å². The maximum absolute atomic E-state index is 11.8. The molecular formula is C14H20N2O5. The number of ether oxygens (including phenoxy) is 2. The van der Waals surface area contributed by atoms with Crippen LogP contribution in [0.25, 0.3) is 0 Å². The van der Waals surface area contributed by atoms with E-state index in [0.29, 0.717) is 23.6 Å². The Labute approximate surface area is 123 Å². The summed E-state index contributed by atoms with van der Waals surface area (Å²) in [6.07, 6.45) is 0.526. The number of methoxy groups -OCH3 is 2. The van der Waals surface area contributed by atoms with Gasteiger partial charge in [-0.25, -0.2) is 0 Å². The first-order valence-corrected chi connectivity index (χ1v) is 6.50. The summed E-state index contributed by atoms with van der Waals surface area (Å²) in [7, 11) is 2.95. The number of amides is 2. The summed E-state index contributed by atoms with van der Waals surface area (Å²) in [5.74, 6) is -0.728. The van der Waals surface area contributed by atoms with Crippen molar-refractivity contribution in [2.24, 2.45) is 0 Å². The largest absolute Gasteiger partial charge is 0.497 e. The third kappa shape index (κ3) is 4.64. The molecule has 21 heavy (non-hydrogen) atoms. The Kier molecular flexibility index (Phi) is 6.48. The van der Waals surface area contributed by atoms with Gasteiger partial charge in [-0.2, -0.15) is 0 Å². The molecule has 1 atom stereocenters. The maximum atomic E-state index is 11.8. The molecule has 0 saturated carbocycles. The van der Waals surface area contributed by atoms with Crippen molar-refractivity contribution in [3.63, 3.8) is 0 Å². The zero-order chi connectivity index (χ0) is 15.8. The lowest BCUT2D eigenvalue weighted by molar-refractivity contribution is -0.136. The minimum absolute atomic E-state index is 0.224. The lowest BCUT2D eigenvalue weighted by atomic mass is 10.2. The molecule has 0 fully saturated rings. The average molecular weight is 296 g/mol. The zero-order valence-electron chi connectivity index (χ0n) is 12.3. The molecule has 0 aliphatic rings. The van der Waals surface area contributed by atoms with Gasteiger partial charge in [-0.15, -0.1) is 0 Å². The first-order chi connectivity index (χ1) is 10.0. The van der Waals surface area contributed by atoms with Crippen molar-refractivity contribution >= 4 is 17.5 Å². The second-order valence-corrected chi connectivity index (χ2v) is 4.28. The summed E-state index contributed by atoms with van der Waals surface area (Å²) in [6, 6.07) is 4.39. The van der Waals surface area contributed by atoms with E-state index in [0.717, 1.165) is 0 Å². The molecule has 1 aromatic rings. The molecule has 0 spiro atoms. The van der Waals surface area contributed by atoms with Gasteiger partial charge >= 0.3 is 11.8 Å². The van der Waals surface area contributed by atoms with Crippen LogP contribution in [0.4, 0.5) is 5.69 Å². The smallest absolute Gasteiger partial charge is 0.313 e. The van der Waals surface area contributed by atoms with E-state index in [1.54, 1.807) is 25.1 Å². The highest BCUT2D eigenvalue weighted by molar-refractivity contribution is 6.39. The van der Waals surface area contributed by atoms with E-state index in [2.05, 4.69) is 10.6 Å². The Morgan fingerprint density at radius 1 is 1.24 bits per heavy atom. The van der Waals surface area contributed by atoms with Crippen LogP contribution >= 0.6 is 0 Å². The van der Waals surface area contributed by atoms with Crippen LogP contribution in [0.5, 0.6) is 11.5 Å². The molecule has 0 aliphatic heterocycles. The molecule has 1 aromatic carbocycles. The van der Waals surface area contributed by atoms with Crippen molar-refractivity contribution in [2.75, 3.05) is 26.1 Å². The number of carbonyl (C=O) groups is 2. The Bertz CT molecular complexity index is 500. The Balaban J connectivity index is 2.80. The van der Waals surface area contributed by atoms with Crippen molar-refractivity contribution in [3.8, 4) is 11.5 Å². The van der Waals surface area contributed by atoms with Crippen LogP contribution in [-0.2, 0) is 9.59 Å². The van der Waals surface area contributed by atoms with Crippen LogP contribution in [0.1, 0.15) is 13.3 Å². The van der Waals surface area contributed by atoms with Gasteiger partial charge in [-0.05, 0) is 18.6 Å². The Hall–Kier alpha value is -2.28. The number of carbonyl (C=O) groups excluding carboxylic acids is 2. The zero-order valence-corrected chi connectivity index (χ0v) is 12.3. The molecule has 0 radical (unpaired) electrons. The summed E-state index contributed by atoms with van der Waals surface area (Å²) in [5, 5.41) is 13.9. The van der Waals surface area contributed by atoms with E-state index in [1.165, 1.54) is 14.2 Å². The highest BCUT2D eigenvalue weighted by Crippen LogP contribution is 2.28. The summed E-state index contributed by atoms with van der Waals surface area (Å²) in [5.41, 5.74) is 0.328. The highest BCUT2D eigenvalue weighted by atomic mass is 16.5. The van der Waals surface area contributed by atoms with Gasteiger partial charge in [0, 0.05) is 6.07 Å². The first kappa shape index (κ1) is 16.8. The Morgan fingerprint density at radius 2 is 1.95 bits per heavy atom. The lowest BCUT2D eigenvalue weighted by Gasteiger charge is -2.15. The molecule has 7 nitrogen and oxygen atoms in total. The summed E-state index contributed by atoms with van der Waals surface area (Å²) < 4.78 is 10.2. The molecule has 116 valence electrons. The molecule has 0 bridgehead atoms. The minimum atomic E-state index is -0.839. The van der Waals surface area contributed by atoms with Gasteiger partial charge in [0.05, 0.1) is 32.6 Å². The molecule has 3 N–H and O–H groups in total. The van der Waals surface area contributed by atoms with Crippen molar-refractivity contribution in [2.45, 2.75) is 19.4 Å². The van der Waals surface area contributed by atoms with Crippen LogP contribution in [0.2, 0.25) is 0 Å². The molecule has 1 rings (SSSR count). The van der Waals surface area contributed by atoms with E-state index < -0.39 is 17.9 Å². The quantitative estimate of drug-likeness (QED) is 0.665. The number of aliphatic hydroxyl groups excluding tert-OH is 1. The molecular weight excluding hydrogens is 276 g/mol. The van der Waals surface area contributed by atoms with Gasteiger partial charge in [-0.3, -0.25) is 9.59 Å². The van der Waals surface area contributed by atoms with Gasteiger partial charge in [0.25, 0.3) is 0 Å². The van der Waals surface area contributed by atoms with Crippen molar-refractivity contribution in [1.82, 2.24) is 5.32 Å². The summed E-state index contributed by atoms with van der Waals surface area (Å²) >= 11 is 0. The fourth-order valence-corrected chi connectivity index (χ4v) is 1.62. The average Bonchev–Trinajstić information content (AvgIpc) is 2.51. The van der Waals surface area contributed by atoms with Crippen molar-refractivity contribution < 1.29 is 24.2 Å². The van der Waals surface area contributed by atoms with Crippen LogP contribution in [0, 0.1) is 0 Å². The monoisotopic (exact) mass is 296 g/mol. The summed E-state index contributed by atoms with van der Waals surface area (Å²) in [6.45, 7) is 1.57. The molecule has 0 saturated heterocycles. The standard InChI is InChI=1S/C14H20N2O5/c1-4-9(8-17)15-13(18)14(19)16-11-7-10(20-2)5-6-12(11)21-3/h5-7,9,17H,4,8H2,1-3H3,(H,15,18)(H,16,19). The van der Waals surface area contributed by atoms with Gasteiger partial charge in [0.15, 0.2) is 0 Å². The van der Waals surface area contributed by atoms with Gasteiger partial charge in [-0.1, -0.05) is 6.92 Å². The fourth-order valence-electron chi connectivity index (χ4n) is 1.62. The lowest BCUT2D eigenvalue weighted by Crippen LogP contribution is -2.43. The highest BCUT2D eigenvalue weighted by Gasteiger charge is 2.19. The van der Waals surface area contributed by atoms with Crippen LogP contribution in [0.3, 0.4) is 0 Å². The first-order valence-electron chi connectivity index (χ1n) is 6.50. The maximum Gasteiger partial charge on any atom is 0.313 e. The predicted molar refractivity (Wildman–Crippen MR) is 77.5 cm³/mol. The molecule has 0 heterocycles. The topological polar surface area (TPSA) is 96.9 Å². The Morgan fingerprint density at radius 3 is 2.48 bits per heavy atom. The number of rotatable bonds is 6. The number of hydrogen-bond acceptors (Lipinski definition) is 5. The minimum Gasteiger partial charge on any atom is -0.497 e. The number of anilines is 1. The summed E-state index contributed by atoms with van der Waals surface area (Å²) in [4.78, 5) is 23.6. The van der Waals surface area contributed by atoms with E-state index >= 15 is 0 Å². The number of aliphatic hydroxyl groups is 1. The predicted octanol–water partition coefficient (Wildman–Crippen LogP) is 0.529. The van der Waals surface area contributed by atoms with E-state index in [4.69, 9.17) is 14.6 Å². The van der Waals surface area contributed by atoms with Crippen molar-refractivity contribution in [1.29, 1.82) is 0 Å². The molecule has 0 aliphatic carbocycles. The number of nitrogens with one attached hydrogen (secondary N) is 2. The molecule has 1 unspecified atom stereocenters. The van der Waals surface area contributed by atoms with Gasteiger partial charge in [0.2, 0.25) is 0 Å². The van der Waals surface area contributed by atoms with Gasteiger partial charge < -0.3 is 25.2 Å². The third-order valence-electron chi connectivity index (χ3n) is 2.91. The molecule has 7 heteroatoms. The second-order valence-electron chi connectivity index (χ2n) is 4.28. The normalized spacial score (nSPS) is 11.4. The van der Waals surface area contributed by atoms with Crippen molar-refractivity contribution in [3.05, 3.63) is 18.2 Å². The second kappa shape index (κ2) is 8.11. The number of hydrogen-bond donors (Lipinski definition) is 3. The van der Waals surface area contributed by atoms with Crippen LogP contribution in [-0.4, -0.2) is 43.8 Å². The number of benzene rings is 1. The van der Waals surface area contributed by atoms with E-state index in [-0.39, 0.29) is 6.61 Å². The SMILES string of the molecule is CCC(CO)NC(=O)C(=O)Nc1cc(OC)ccc1OC. The van der Waals surface area contributed by atoms with Gasteiger partial charge in [0.1, 0.15) is 11.5 Å². The fraction of sp³-hybridized carbons (Fsp3) is 0.429. The molecule has 2 amide bonds. The third-order valence-corrected chi connectivity index (χ3v) is 2.91.